The van der Waals surface area contributed by atoms with Crippen molar-refractivity contribution in [1.82, 2.24) is 0 Å². The number of hydrogen-bond acceptors (Lipinski definition) is 3. The van der Waals surface area contributed by atoms with Gasteiger partial charge in [-0.1, -0.05) is 50.1 Å². The number of carbonyl (C=O) groups excluding carboxylic acids is 1. The van der Waals surface area contributed by atoms with Crippen molar-refractivity contribution in [2.75, 3.05) is 0 Å². The van der Waals surface area contributed by atoms with Crippen LogP contribution in [0, 0.1) is 0 Å². The summed E-state index contributed by atoms with van der Waals surface area (Å²) in [7, 11) is 0. The lowest BCUT2D eigenvalue weighted by Crippen LogP contribution is -2.05. The van der Waals surface area contributed by atoms with Crippen molar-refractivity contribution >= 4 is 49.8 Å². The van der Waals surface area contributed by atoms with E-state index in [1.165, 1.54) is 0 Å². The van der Waals surface area contributed by atoms with Gasteiger partial charge in [-0.3, -0.25) is 0 Å². The van der Waals surface area contributed by atoms with E-state index >= 15 is 0 Å². The number of halogens is 2. The van der Waals surface area contributed by atoms with E-state index in [0.717, 1.165) is 20.1 Å². The lowest BCUT2D eigenvalue weighted by molar-refractivity contribution is -0.129. The number of carbonyl (C=O) groups is 1. The van der Waals surface area contributed by atoms with Crippen LogP contribution in [0.25, 0.3) is 6.08 Å². The van der Waals surface area contributed by atoms with E-state index in [4.69, 9.17) is 4.74 Å². The standard InChI is InChI=1S/C16H9Br2NO2/c17-12-5-1-3-10(7-12)8-14-16(20)21-15(19-14)11-4-2-6-13(18)9-11/h1-9H/b14-8-. The summed E-state index contributed by atoms with van der Waals surface area (Å²) in [5, 5.41) is 0. The van der Waals surface area contributed by atoms with Gasteiger partial charge in [0.05, 0.1) is 0 Å². The smallest absolute Gasteiger partial charge is 0.363 e. The highest BCUT2D eigenvalue weighted by molar-refractivity contribution is 9.10. The summed E-state index contributed by atoms with van der Waals surface area (Å²) in [5.74, 6) is -0.118. The molecule has 0 atom stereocenters. The molecular formula is C16H9Br2NO2. The van der Waals surface area contributed by atoms with Gasteiger partial charge in [0.2, 0.25) is 5.90 Å². The van der Waals surface area contributed by atoms with Crippen molar-refractivity contribution in [3.8, 4) is 0 Å². The Bertz CT molecular complexity index is 781. The third-order valence-electron chi connectivity index (χ3n) is 2.84. The first kappa shape index (κ1) is 14.2. The summed E-state index contributed by atoms with van der Waals surface area (Å²) in [6.07, 6.45) is 1.71. The van der Waals surface area contributed by atoms with Gasteiger partial charge in [-0.05, 0) is 42.0 Å². The second-order valence-corrected chi connectivity index (χ2v) is 6.23. The molecule has 0 N–H and O–H groups in total. The van der Waals surface area contributed by atoms with Crippen LogP contribution in [0.1, 0.15) is 11.1 Å². The predicted molar refractivity (Wildman–Crippen MR) is 88.9 cm³/mol. The van der Waals surface area contributed by atoms with Crippen LogP contribution < -0.4 is 0 Å². The van der Waals surface area contributed by atoms with Crippen molar-refractivity contribution in [1.29, 1.82) is 0 Å². The van der Waals surface area contributed by atoms with E-state index in [-0.39, 0.29) is 0 Å². The highest BCUT2D eigenvalue weighted by Crippen LogP contribution is 2.22. The van der Waals surface area contributed by atoms with Gasteiger partial charge in [0.1, 0.15) is 0 Å². The molecule has 21 heavy (non-hydrogen) atoms. The maximum atomic E-state index is 11.9. The summed E-state index contributed by atoms with van der Waals surface area (Å²) < 4.78 is 7.08. The minimum Gasteiger partial charge on any atom is -0.402 e. The van der Waals surface area contributed by atoms with Gasteiger partial charge >= 0.3 is 5.97 Å². The van der Waals surface area contributed by atoms with Gasteiger partial charge in [-0.15, -0.1) is 0 Å². The molecule has 0 fully saturated rings. The molecule has 0 saturated heterocycles. The highest BCUT2D eigenvalue weighted by atomic mass is 79.9. The molecule has 2 aromatic carbocycles. The Morgan fingerprint density at radius 2 is 1.71 bits per heavy atom. The largest absolute Gasteiger partial charge is 0.402 e. The summed E-state index contributed by atoms with van der Waals surface area (Å²) in [4.78, 5) is 16.2. The Balaban J connectivity index is 1.95. The zero-order valence-electron chi connectivity index (χ0n) is 10.7. The molecule has 1 heterocycles. The number of rotatable bonds is 2. The van der Waals surface area contributed by atoms with Crippen LogP contribution in [0.15, 0.2) is 68.2 Å². The van der Waals surface area contributed by atoms with Gasteiger partial charge in [-0.25, -0.2) is 9.79 Å². The Kier molecular flexibility index (Phi) is 4.03. The van der Waals surface area contributed by atoms with Crippen molar-refractivity contribution < 1.29 is 9.53 Å². The molecule has 0 bridgehead atoms. The van der Waals surface area contributed by atoms with E-state index in [1.54, 1.807) is 6.08 Å². The molecule has 0 radical (unpaired) electrons. The molecule has 2 aromatic rings. The molecule has 0 spiro atoms. The van der Waals surface area contributed by atoms with Crippen LogP contribution in [0.4, 0.5) is 0 Å². The van der Waals surface area contributed by atoms with Crippen LogP contribution in [0.2, 0.25) is 0 Å². The Morgan fingerprint density at radius 1 is 1.00 bits per heavy atom. The maximum Gasteiger partial charge on any atom is 0.363 e. The van der Waals surface area contributed by atoms with Crippen LogP contribution >= 0.6 is 31.9 Å². The molecule has 0 aromatic heterocycles. The number of aliphatic imine (C=N–C) groups is 1. The summed E-state index contributed by atoms with van der Waals surface area (Å²) >= 11 is 6.78. The quantitative estimate of drug-likeness (QED) is 0.541. The molecule has 104 valence electrons. The predicted octanol–water partition coefficient (Wildman–Crippen LogP) is 4.56. The van der Waals surface area contributed by atoms with Crippen molar-refractivity contribution in [3.05, 3.63) is 74.3 Å². The first-order valence-electron chi connectivity index (χ1n) is 6.16. The summed E-state index contributed by atoms with van der Waals surface area (Å²) in [6.45, 7) is 0. The molecule has 5 heteroatoms. The van der Waals surface area contributed by atoms with E-state index in [1.807, 2.05) is 48.5 Å². The molecule has 3 nitrogen and oxygen atoms in total. The fourth-order valence-electron chi connectivity index (χ4n) is 1.91. The van der Waals surface area contributed by atoms with Crippen LogP contribution in [-0.2, 0) is 9.53 Å². The van der Waals surface area contributed by atoms with E-state index in [2.05, 4.69) is 36.9 Å². The lowest BCUT2D eigenvalue weighted by atomic mass is 10.2. The van der Waals surface area contributed by atoms with Crippen molar-refractivity contribution in [2.24, 2.45) is 4.99 Å². The fraction of sp³-hybridized carbons (Fsp3) is 0. The third-order valence-corrected chi connectivity index (χ3v) is 3.83. The minimum atomic E-state index is -0.440. The number of nitrogens with zero attached hydrogens (tertiary/aromatic N) is 1. The van der Waals surface area contributed by atoms with Crippen LogP contribution in [0.3, 0.4) is 0 Å². The van der Waals surface area contributed by atoms with Gasteiger partial charge in [0.25, 0.3) is 0 Å². The molecule has 1 aliphatic rings. The van der Waals surface area contributed by atoms with Gasteiger partial charge in [-0.2, -0.15) is 0 Å². The van der Waals surface area contributed by atoms with Gasteiger partial charge in [0.15, 0.2) is 5.70 Å². The van der Waals surface area contributed by atoms with E-state index < -0.39 is 5.97 Å². The van der Waals surface area contributed by atoms with E-state index in [9.17, 15) is 4.79 Å². The zero-order chi connectivity index (χ0) is 14.8. The number of cyclic esters (lactones) is 1. The SMILES string of the molecule is O=C1OC(c2cccc(Br)c2)=N/C1=C\c1cccc(Br)c1. The second-order valence-electron chi connectivity index (χ2n) is 4.40. The van der Waals surface area contributed by atoms with Crippen LogP contribution in [0.5, 0.6) is 0 Å². The second kappa shape index (κ2) is 5.95. The zero-order valence-corrected chi connectivity index (χ0v) is 13.9. The molecule has 3 rings (SSSR count). The fourth-order valence-corrected chi connectivity index (χ4v) is 2.72. The summed E-state index contributed by atoms with van der Waals surface area (Å²) in [6, 6.07) is 15.1. The van der Waals surface area contributed by atoms with Crippen LogP contribution in [-0.4, -0.2) is 11.9 Å². The highest BCUT2D eigenvalue weighted by Gasteiger charge is 2.24. The number of benzene rings is 2. The summed E-state index contributed by atoms with van der Waals surface area (Å²) in [5.41, 5.74) is 1.94. The topological polar surface area (TPSA) is 38.7 Å². The number of hydrogen-bond donors (Lipinski definition) is 0. The maximum absolute atomic E-state index is 11.9. The average molecular weight is 407 g/mol. The molecule has 0 unspecified atom stereocenters. The molecule has 0 amide bonds. The molecule has 0 saturated carbocycles. The first-order valence-corrected chi connectivity index (χ1v) is 7.74. The minimum absolute atomic E-state index is 0.295. The van der Waals surface area contributed by atoms with Crippen molar-refractivity contribution in [3.63, 3.8) is 0 Å². The molecular weight excluding hydrogens is 398 g/mol. The average Bonchev–Trinajstić information content (AvgIpc) is 2.80. The van der Waals surface area contributed by atoms with Gasteiger partial charge in [0, 0.05) is 14.5 Å². The lowest BCUT2D eigenvalue weighted by Gasteiger charge is -1.99. The Labute approximate surface area is 138 Å². The Morgan fingerprint density at radius 3 is 2.43 bits per heavy atom. The van der Waals surface area contributed by atoms with Crippen molar-refractivity contribution in [2.45, 2.75) is 0 Å². The number of ether oxygens (including phenoxy) is 1. The number of esters is 1. The molecule has 1 aliphatic heterocycles. The third kappa shape index (κ3) is 3.31. The van der Waals surface area contributed by atoms with Gasteiger partial charge < -0.3 is 4.74 Å². The monoisotopic (exact) mass is 405 g/mol. The molecule has 0 aliphatic carbocycles. The first-order chi connectivity index (χ1) is 10.1. The Hall–Kier alpha value is -1.72. The van der Waals surface area contributed by atoms with E-state index in [0.29, 0.717) is 11.6 Å². The normalized spacial score (nSPS) is 16.0.